The summed E-state index contributed by atoms with van der Waals surface area (Å²) in [6.45, 7) is 7.67. The fourth-order valence-electron chi connectivity index (χ4n) is 3.31. The summed E-state index contributed by atoms with van der Waals surface area (Å²) in [5.41, 5.74) is 5.25. The molecule has 0 unspecified atom stereocenters. The molecule has 0 aromatic heterocycles. The Morgan fingerprint density at radius 2 is 1.48 bits per heavy atom. The van der Waals surface area contributed by atoms with E-state index in [1.54, 1.807) is 30.3 Å². The average molecular weight is 437 g/mol. The predicted molar refractivity (Wildman–Crippen MR) is 125 cm³/mol. The molecule has 6 heteroatoms. The van der Waals surface area contributed by atoms with E-state index in [1.807, 2.05) is 64.1 Å². The lowest BCUT2D eigenvalue weighted by Crippen LogP contribution is -2.41. The van der Waals surface area contributed by atoms with Crippen LogP contribution in [0.5, 0.6) is 0 Å². The summed E-state index contributed by atoms with van der Waals surface area (Å²) in [6.07, 6.45) is 0. The number of carbonyl (C=O) groups excluding carboxylic acids is 1. The molecule has 0 aliphatic carbocycles. The summed E-state index contributed by atoms with van der Waals surface area (Å²) < 4.78 is 28.2. The van der Waals surface area contributed by atoms with Crippen molar-refractivity contribution < 1.29 is 13.2 Å². The molecule has 0 radical (unpaired) electrons. The normalized spacial score (nSPS) is 11.2. The molecule has 1 amide bonds. The van der Waals surface area contributed by atoms with E-state index in [-0.39, 0.29) is 17.3 Å². The highest BCUT2D eigenvalue weighted by Crippen LogP contribution is 2.28. The maximum absolute atomic E-state index is 13.5. The lowest BCUT2D eigenvalue weighted by atomic mass is 10.1. The Labute approximate surface area is 184 Å². The van der Waals surface area contributed by atoms with E-state index in [2.05, 4.69) is 5.32 Å². The van der Waals surface area contributed by atoms with Crippen LogP contribution in [0, 0.1) is 27.7 Å². The first kappa shape index (κ1) is 22.6. The van der Waals surface area contributed by atoms with Crippen molar-refractivity contribution in [2.45, 2.75) is 39.1 Å². The summed E-state index contributed by atoms with van der Waals surface area (Å²) >= 11 is 0. The van der Waals surface area contributed by atoms with E-state index in [9.17, 15) is 13.2 Å². The van der Waals surface area contributed by atoms with Crippen molar-refractivity contribution in [2.24, 2.45) is 0 Å². The van der Waals surface area contributed by atoms with Crippen LogP contribution in [0.25, 0.3) is 0 Å². The molecule has 31 heavy (non-hydrogen) atoms. The number of carbonyl (C=O) groups is 1. The summed E-state index contributed by atoms with van der Waals surface area (Å²) in [5, 5.41) is 2.86. The smallest absolute Gasteiger partial charge is 0.264 e. The van der Waals surface area contributed by atoms with Crippen molar-refractivity contribution in [1.82, 2.24) is 5.32 Å². The molecule has 3 aromatic carbocycles. The molecule has 0 aliphatic rings. The first-order chi connectivity index (χ1) is 14.7. The molecular weight excluding hydrogens is 408 g/mol. The third kappa shape index (κ3) is 5.33. The number of anilines is 1. The van der Waals surface area contributed by atoms with Gasteiger partial charge in [-0.15, -0.1) is 0 Å². The van der Waals surface area contributed by atoms with Crippen LogP contribution in [-0.4, -0.2) is 20.9 Å². The van der Waals surface area contributed by atoms with Crippen molar-refractivity contribution in [3.63, 3.8) is 0 Å². The third-order valence-electron chi connectivity index (χ3n) is 5.27. The highest BCUT2D eigenvalue weighted by Gasteiger charge is 2.28. The molecule has 0 atom stereocenters. The molecule has 5 nitrogen and oxygen atoms in total. The molecule has 0 fully saturated rings. The van der Waals surface area contributed by atoms with E-state index >= 15 is 0 Å². The summed E-state index contributed by atoms with van der Waals surface area (Å²) in [7, 11) is -3.92. The molecule has 0 spiro atoms. The summed E-state index contributed by atoms with van der Waals surface area (Å²) in [6, 6.07) is 20.0. The van der Waals surface area contributed by atoms with Gasteiger partial charge in [0.15, 0.2) is 0 Å². The van der Waals surface area contributed by atoms with Gasteiger partial charge in [0.25, 0.3) is 10.0 Å². The molecule has 0 aliphatic heterocycles. The van der Waals surface area contributed by atoms with Gasteiger partial charge in [-0.05, 0) is 68.1 Å². The predicted octanol–water partition coefficient (Wildman–Crippen LogP) is 4.43. The largest absolute Gasteiger partial charge is 0.350 e. The first-order valence-electron chi connectivity index (χ1n) is 10.2. The van der Waals surface area contributed by atoms with Crippen LogP contribution in [0.3, 0.4) is 0 Å². The van der Waals surface area contributed by atoms with E-state index < -0.39 is 10.0 Å². The highest BCUT2D eigenvalue weighted by molar-refractivity contribution is 7.92. The molecule has 0 saturated heterocycles. The highest BCUT2D eigenvalue weighted by atomic mass is 32.2. The standard InChI is InChI=1S/C25H28N2O3S/c1-18-10-13-23(14-11-18)31(29,30)27(24-15-19(2)9-12-21(24)4)17-25(28)26-16-22-8-6-5-7-20(22)3/h5-15H,16-17H2,1-4H3,(H,26,28). The van der Waals surface area contributed by atoms with Gasteiger partial charge in [0, 0.05) is 6.54 Å². The number of nitrogens with zero attached hydrogens (tertiary/aromatic N) is 1. The van der Waals surface area contributed by atoms with Gasteiger partial charge in [0.1, 0.15) is 6.54 Å². The van der Waals surface area contributed by atoms with Crippen LogP contribution in [0.1, 0.15) is 27.8 Å². The van der Waals surface area contributed by atoms with Crippen LogP contribution >= 0.6 is 0 Å². The molecule has 0 heterocycles. The molecule has 3 aromatic rings. The zero-order valence-corrected chi connectivity index (χ0v) is 19.2. The Kier molecular flexibility index (Phi) is 6.81. The Balaban J connectivity index is 1.92. The monoisotopic (exact) mass is 436 g/mol. The molecule has 1 N–H and O–H groups in total. The zero-order valence-electron chi connectivity index (χ0n) is 18.3. The van der Waals surface area contributed by atoms with Crippen LogP contribution < -0.4 is 9.62 Å². The summed E-state index contributed by atoms with van der Waals surface area (Å²) in [5.74, 6) is -0.361. The molecule has 0 saturated carbocycles. The van der Waals surface area contributed by atoms with Gasteiger partial charge in [0.05, 0.1) is 10.6 Å². The van der Waals surface area contributed by atoms with Crippen LogP contribution in [0.4, 0.5) is 5.69 Å². The Hall–Kier alpha value is -3.12. The fourth-order valence-corrected chi connectivity index (χ4v) is 4.79. The van der Waals surface area contributed by atoms with Gasteiger partial charge >= 0.3 is 0 Å². The number of sulfonamides is 1. The lowest BCUT2D eigenvalue weighted by Gasteiger charge is -2.26. The van der Waals surface area contributed by atoms with Crippen molar-refractivity contribution >= 4 is 21.6 Å². The van der Waals surface area contributed by atoms with Gasteiger partial charge < -0.3 is 5.32 Å². The minimum Gasteiger partial charge on any atom is -0.350 e. The van der Waals surface area contributed by atoms with Crippen LogP contribution in [-0.2, 0) is 21.4 Å². The second kappa shape index (κ2) is 9.35. The van der Waals surface area contributed by atoms with Crippen molar-refractivity contribution in [2.75, 3.05) is 10.8 Å². The van der Waals surface area contributed by atoms with E-state index in [0.717, 1.165) is 27.8 Å². The van der Waals surface area contributed by atoms with Gasteiger partial charge in [0.2, 0.25) is 5.91 Å². The number of amides is 1. The van der Waals surface area contributed by atoms with Crippen LogP contribution in [0.15, 0.2) is 71.6 Å². The number of benzene rings is 3. The van der Waals surface area contributed by atoms with Gasteiger partial charge in [-0.1, -0.05) is 54.1 Å². The van der Waals surface area contributed by atoms with Crippen molar-refractivity contribution in [3.8, 4) is 0 Å². The van der Waals surface area contributed by atoms with Crippen molar-refractivity contribution in [1.29, 1.82) is 0 Å². The number of nitrogens with one attached hydrogen (secondary N) is 1. The second-order valence-corrected chi connectivity index (χ2v) is 9.68. The fraction of sp³-hybridized carbons (Fsp3) is 0.240. The molecule has 0 bridgehead atoms. The Morgan fingerprint density at radius 3 is 2.16 bits per heavy atom. The topological polar surface area (TPSA) is 66.5 Å². The zero-order chi connectivity index (χ0) is 22.6. The number of rotatable bonds is 7. The van der Waals surface area contributed by atoms with Crippen LogP contribution in [0.2, 0.25) is 0 Å². The van der Waals surface area contributed by atoms with E-state index in [4.69, 9.17) is 0 Å². The Morgan fingerprint density at radius 1 is 0.839 bits per heavy atom. The minimum atomic E-state index is -3.92. The molecular formula is C25H28N2O3S. The summed E-state index contributed by atoms with van der Waals surface area (Å²) in [4.78, 5) is 13.0. The second-order valence-electron chi connectivity index (χ2n) is 7.82. The average Bonchev–Trinajstić information content (AvgIpc) is 2.73. The third-order valence-corrected chi connectivity index (χ3v) is 7.04. The lowest BCUT2D eigenvalue weighted by molar-refractivity contribution is -0.119. The van der Waals surface area contributed by atoms with Gasteiger partial charge in [-0.3, -0.25) is 9.10 Å². The first-order valence-corrected chi connectivity index (χ1v) is 11.6. The van der Waals surface area contributed by atoms with Crippen molar-refractivity contribution in [3.05, 3.63) is 94.5 Å². The Bertz CT molecular complexity index is 1190. The maximum Gasteiger partial charge on any atom is 0.264 e. The number of hydrogen-bond donors (Lipinski definition) is 1. The van der Waals surface area contributed by atoms with Gasteiger partial charge in [-0.25, -0.2) is 8.42 Å². The van der Waals surface area contributed by atoms with E-state index in [0.29, 0.717) is 12.2 Å². The van der Waals surface area contributed by atoms with Gasteiger partial charge in [-0.2, -0.15) is 0 Å². The van der Waals surface area contributed by atoms with E-state index in [1.165, 1.54) is 4.31 Å². The maximum atomic E-state index is 13.5. The SMILES string of the molecule is Cc1ccc(S(=O)(=O)N(CC(=O)NCc2ccccc2C)c2cc(C)ccc2C)cc1. The quantitative estimate of drug-likeness (QED) is 0.596. The number of aryl methyl sites for hydroxylation is 4. The number of hydrogen-bond acceptors (Lipinski definition) is 3. The minimum absolute atomic E-state index is 0.158. The molecule has 3 rings (SSSR count). The molecule has 162 valence electrons.